The van der Waals surface area contributed by atoms with Crippen molar-refractivity contribution in [3.8, 4) is 22.6 Å². The van der Waals surface area contributed by atoms with Crippen LogP contribution in [0, 0.1) is 6.92 Å². The van der Waals surface area contributed by atoms with Gasteiger partial charge < -0.3 is 11.1 Å². The number of aromatic amines is 1. The number of nitrogens with two attached hydrogens (primary N) is 1. The summed E-state index contributed by atoms with van der Waals surface area (Å²) in [6.45, 7) is 3.37. The van der Waals surface area contributed by atoms with Crippen molar-refractivity contribution in [2.75, 3.05) is 16.8 Å². The molecule has 0 spiro atoms. The first-order valence-corrected chi connectivity index (χ1v) is 12.1. The number of benzene rings is 1. The van der Waals surface area contributed by atoms with Gasteiger partial charge in [0, 0.05) is 12.3 Å². The summed E-state index contributed by atoms with van der Waals surface area (Å²) in [5.41, 5.74) is 8.86. The molecule has 172 valence electrons. The van der Waals surface area contributed by atoms with Crippen molar-refractivity contribution in [3.63, 3.8) is 0 Å². The molecule has 0 amide bonds. The number of anilines is 3. The number of nitrogen functional groups attached to an aromatic ring is 1. The van der Waals surface area contributed by atoms with Crippen molar-refractivity contribution in [2.45, 2.75) is 18.7 Å². The number of rotatable bonds is 6. The smallest absolute Gasteiger partial charge is 0.223 e. The van der Waals surface area contributed by atoms with Gasteiger partial charge in [0.25, 0.3) is 0 Å². The van der Waals surface area contributed by atoms with Crippen molar-refractivity contribution < 1.29 is 8.42 Å². The molecule has 0 aliphatic rings. The third-order valence-electron chi connectivity index (χ3n) is 5.28. The van der Waals surface area contributed by atoms with Gasteiger partial charge in [-0.25, -0.2) is 18.4 Å². The molecule has 12 heteroatoms. The molecule has 0 aliphatic carbocycles. The summed E-state index contributed by atoms with van der Waals surface area (Å²) in [6, 6.07) is 12.4. The summed E-state index contributed by atoms with van der Waals surface area (Å²) in [5.74, 6) is 2.16. The highest BCUT2D eigenvalue weighted by atomic mass is 32.2. The number of nitrogens with zero attached hydrogens (tertiary/aromatic N) is 6. The zero-order valence-electron chi connectivity index (χ0n) is 18.4. The monoisotopic (exact) mass is 475 g/mol. The molecule has 5 rings (SSSR count). The van der Waals surface area contributed by atoms with Gasteiger partial charge in [-0.05, 0) is 42.3 Å². The van der Waals surface area contributed by atoms with Gasteiger partial charge >= 0.3 is 0 Å². The lowest BCUT2D eigenvalue weighted by atomic mass is 10.1. The normalized spacial score (nSPS) is 11.7. The molecule has 5 aromatic rings. The Kier molecular flexibility index (Phi) is 5.21. The quantitative estimate of drug-likeness (QED) is 0.336. The van der Waals surface area contributed by atoms with Crippen LogP contribution in [0.25, 0.3) is 28.3 Å². The van der Waals surface area contributed by atoms with Crippen LogP contribution < -0.4 is 11.1 Å². The Morgan fingerprint density at radius 1 is 1.00 bits per heavy atom. The second-order valence-corrected chi connectivity index (χ2v) is 9.82. The summed E-state index contributed by atoms with van der Waals surface area (Å²) < 4.78 is 26.2. The summed E-state index contributed by atoms with van der Waals surface area (Å²) >= 11 is 0. The third-order valence-corrected chi connectivity index (χ3v) is 7.03. The summed E-state index contributed by atoms with van der Waals surface area (Å²) in [4.78, 5) is 17.9. The molecule has 0 bridgehead atoms. The number of sulfone groups is 1. The molecule has 34 heavy (non-hydrogen) atoms. The molecule has 0 atom stereocenters. The first-order valence-electron chi connectivity index (χ1n) is 10.4. The molecule has 0 saturated heterocycles. The van der Waals surface area contributed by atoms with E-state index in [-0.39, 0.29) is 11.7 Å². The second kappa shape index (κ2) is 8.23. The van der Waals surface area contributed by atoms with Gasteiger partial charge in [0.15, 0.2) is 21.5 Å². The maximum Gasteiger partial charge on any atom is 0.223 e. The Balaban J connectivity index is 1.66. The van der Waals surface area contributed by atoms with E-state index in [4.69, 9.17) is 10.7 Å². The van der Waals surface area contributed by atoms with Crippen LogP contribution in [-0.2, 0) is 9.84 Å². The standard InChI is InChI=1S/C22H21N9O2S/c1-3-34(32,33)16-7-4-14(5-8-16)15-6-9-18-28-21(27-17-10-11-24-30-17)19(31(18)12-15)20-25-13(2)26-22(23)29-20/h4-12H,3H2,1-2H3,(H2,24,27,30)(H2,23,25,26,29). The Labute approximate surface area is 195 Å². The molecule has 0 aliphatic heterocycles. The van der Waals surface area contributed by atoms with E-state index in [0.717, 1.165) is 11.1 Å². The lowest BCUT2D eigenvalue weighted by molar-refractivity contribution is 0.597. The predicted molar refractivity (Wildman–Crippen MR) is 128 cm³/mol. The number of aromatic nitrogens is 7. The molecular formula is C22H21N9O2S. The minimum absolute atomic E-state index is 0.0529. The average molecular weight is 476 g/mol. The largest absolute Gasteiger partial charge is 0.368 e. The van der Waals surface area contributed by atoms with E-state index in [1.165, 1.54) is 0 Å². The predicted octanol–water partition coefficient (Wildman–Crippen LogP) is 3.00. The van der Waals surface area contributed by atoms with E-state index in [9.17, 15) is 8.42 Å². The maximum absolute atomic E-state index is 12.2. The number of H-pyrrole nitrogens is 1. The molecular weight excluding hydrogens is 454 g/mol. The number of imidazole rings is 1. The van der Waals surface area contributed by atoms with E-state index in [1.807, 2.05) is 22.7 Å². The lowest BCUT2D eigenvalue weighted by Gasteiger charge is -2.08. The highest BCUT2D eigenvalue weighted by Crippen LogP contribution is 2.31. The fraction of sp³-hybridized carbons (Fsp3) is 0.136. The van der Waals surface area contributed by atoms with Gasteiger partial charge in [0.05, 0.1) is 16.8 Å². The van der Waals surface area contributed by atoms with E-state index in [0.29, 0.717) is 39.5 Å². The van der Waals surface area contributed by atoms with E-state index in [1.54, 1.807) is 50.4 Å². The molecule has 0 saturated carbocycles. The molecule has 4 heterocycles. The van der Waals surface area contributed by atoms with Gasteiger partial charge in [-0.1, -0.05) is 19.1 Å². The van der Waals surface area contributed by atoms with E-state index >= 15 is 0 Å². The fourth-order valence-electron chi connectivity index (χ4n) is 3.60. The zero-order valence-corrected chi connectivity index (χ0v) is 19.2. The Hall–Kier alpha value is -4.32. The Bertz CT molecular complexity index is 1570. The van der Waals surface area contributed by atoms with Crippen molar-refractivity contribution in [2.24, 2.45) is 0 Å². The Morgan fingerprint density at radius 2 is 1.76 bits per heavy atom. The van der Waals surface area contributed by atoms with Crippen LogP contribution in [0.5, 0.6) is 0 Å². The van der Waals surface area contributed by atoms with Crippen LogP contribution >= 0.6 is 0 Å². The highest BCUT2D eigenvalue weighted by Gasteiger charge is 2.19. The molecule has 4 N–H and O–H groups in total. The SMILES string of the molecule is CCS(=O)(=O)c1ccc(-c2ccc3nc(Nc4ccn[nH]4)c(-c4nc(C)nc(N)n4)n3c2)cc1. The number of pyridine rings is 1. The molecule has 4 aromatic heterocycles. The van der Waals surface area contributed by atoms with Crippen molar-refractivity contribution in [3.05, 3.63) is 60.7 Å². The third kappa shape index (κ3) is 3.94. The molecule has 0 radical (unpaired) electrons. The van der Waals surface area contributed by atoms with Gasteiger partial charge in [0.2, 0.25) is 5.95 Å². The van der Waals surface area contributed by atoms with Crippen LogP contribution in [0.1, 0.15) is 12.7 Å². The first-order chi connectivity index (χ1) is 16.3. The van der Waals surface area contributed by atoms with Crippen LogP contribution in [0.15, 0.2) is 59.8 Å². The van der Waals surface area contributed by atoms with Crippen molar-refractivity contribution in [1.82, 2.24) is 34.5 Å². The molecule has 0 unspecified atom stereocenters. The first kappa shape index (κ1) is 21.5. The van der Waals surface area contributed by atoms with Gasteiger partial charge in [-0.2, -0.15) is 15.1 Å². The molecule has 11 nitrogen and oxygen atoms in total. The molecule has 1 aromatic carbocycles. The minimum atomic E-state index is -3.27. The fourth-order valence-corrected chi connectivity index (χ4v) is 4.48. The van der Waals surface area contributed by atoms with Gasteiger partial charge in [0.1, 0.15) is 23.0 Å². The highest BCUT2D eigenvalue weighted by molar-refractivity contribution is 7.91. The Morgan fingerprint density at radius 3 is 2.44 bits per heavy atom. The van der Waals surface area contributed by atoms with Gasteiger partial charge in [-0.15, -0.1) is 0 Å². The number of hydrogen-bond acceptors (Lipinski definition) is 9. The number of aryl methyl sites for hydroxylation is 1. The summed E-state index contributed by atoms with van der Waals surface area (Å²) in [6.07, 6.45) is 3.53. The number of hydrogen-bond donors (Lipinski definition) is 3. The van der Waals surface area contributed by atoms with Crippen LogP contribution in [0.4, 0.5) is 17.6 Å². The topological polar surface area (TPSA) is 157 Å². The van der Waals surface area contributed by atoms with Crippen molar-refractivity contribution in [1.29, 1.82) is 0 Å². The average Bonchev–Trinajstić information content (AvgIpc) is 3.45. The van der Waals surface area contributed by atoms with Crippen LogP contribution in [-0.4, -0.2) is 48.7 Å². The number of fused-ring (bicyclic) bond motifs is 1. The minimum Gasteiger partial charge on any atom is -0.368 e. The van der Waals surface area contributed by atoms with Crippen LogP contribution in [0.2, 0.25) is 0 Å². The van der Waals surface area contributed by atoms with Crippen LogP contribution in [0.3, 0.4) is 0 Å². The summed E-state index contributed by atoms with van der Waals surface area (Å²) in [7, 11) is -3.27. The summed E-state index contributed by atoms with van der Waals surface area (Å²) in [5, 5.41) is 10.0. The van der Waals surface area contributed by atoms with E-state index in [2.05, 4.69) is 30.5 Å². The molecule has 0 fully saturated rings. The number of nitrogens with one attached hydrogen (secondary N) is 2. The van der Waals surface area contributed by atoms with Crippen molar-refractivity contribution >= 4 is 33.1 Å². The second-order valence-electron chi connectivity index (χ2n) is 7.54. The van der Waals surface area contributed by atoms with Gasteiger partial charge in [-0.3, -0.25) is 9.50 Å². The maximum atomic E-state index is 12.2. The lowest BCUT2D eigenvalue weighted by Crippen LogP contribution is -2.05. The zero-order chi connectivity index (χ0) is 23.9. The van der Waals surface area contributed by atoms with E-state index < -0.39 is 9.84 Å².